The Kier molecular flexibility index (Phi) is 2.63. The third kappa shape index (κ3) is 1.70. The minimum absolute atomic E-state index is 0.729. The first-order valence-corrected chi connectivity index (χ1v) is 6.22. The molecule has 0 unspecified atom stereocenters. The van der Waals surface area contributed by atoms with Gasteiger partial charge in [0.25, 0.3) is 0 Å². The van der Waals surface area contributed by atoms with Crippen molar-refractivity contribution in [2.75, 3.05) is 0 Å². The molecule has 92 valence electrons. The van der Waals surface area contributed by atoms with Crippen LogP contribution in [0, 0.1) is 6.92 Å². The fourth-order valence-corrected chi connectivity index (χ4v) is 2.26. The average Bonchev–Trinajstić information content (AvgIpc) is 2.95. The highest BCUT2D eigenvalue weighted by molar-refractivity contribution is 5.81. The topological polar surface area (TPSA) is 35.6 Å². The van der Waals surface area contributed by atoms with Gasteiger partial charge in [0.15, 0.2) is 0 Å². The van der Waals surface area contributed by atoms with E-state index in [2.05, 4.69) is 48.3 Å². The molecule has 0 saturated heterocycles. The van der Waals surface area contributed by atoms with Crippen molar-refractivity contribution >= 4 is 10.9 Å². The van der Waals surface area contributed by atoms with Gasteiger partial charge in [-0.3, -0.25) is 9.36 Å². The van der Waals surface area contributed by atoms with E-state index in [1.54, 1.807) is 0 Å². The number of nitrogens with zero attached hydrogens (tertiary/aromatic N) is 4. The van der Waals surface area contributed by atoms with Gasteiger partial charge in [-0.2, -0.15) is 10.2 Å². The monoisotopic (exact) mass is 240 g/mol. The summed E-state index contributed by atoms with van der Waals surface area (Å²) in [4.78, 5) is 0. The fourth-order valence-electron chi connectivity index (χ4n) is 2.26. The van der Waals surface area contributed by atoms with Crippen LogP contribution in [-0.4, -0.2) is 19.6 Å². The Bertz CT molecular complexity index is 678. The summed E-state index contributed by atoms with van der Waals surface area (Å²) in [7, 11) is 0. The van der Waals surface area contributed by atoms with E-state index in [0.717, 1.165) is 24.5 Å². The normalized spacial score (nSPS) is 11.2. The molecule has 0 atom stereocenters. The second-order valence-corrected chi connectivity index (χ2v) is 4.41. The van der Waals surface area contributed by atoms with Crippen molar-refractivity contribution in [3.8, 4) is 0 Å². The molecule has 2 heterocycles. The summed E-state index contributed by atoms with van der Waals surface area (Å²) in [5.41, 5.74) is 3.43. The lowest BCUT2D eigenvalue weighted by atomic mass is 10.2. The molecule has 1 aromatic carbocycles. The van der Waals surface area contributed by atoms with Gasteiger partial charge in [0.1, 0.15) is 0 Å². The molecule has 0 aliphatic rings. The van der Waals surface area contributed by atoms with Gasteiger partial charge in [-0.05, 0) is 26.0 Å². The van der Waals surface area contributed by atoms with E-state index < -0.39 is 0 Å². The van der Waals surface area contributed by atoms with Gasteiger partial charge >= 0.3 is 0 Å². The molecular weight excluding hydrogens is 224 g/mol. The molecule has 0 bridgehead atoms. The second kappa shape index (κ2) is 4.29. The van der Waals surface area contributed by atoms with Crippen molar-refractivity contribution in [3.63, 3.8) is 0 Å². The third-order valence-electron chi connectivity index (χ3n) is 3.26. The second-order valence-electron chi connectivity index (χ2n) is 4.41. The molecule has 4 nitrogen and oxygen atoms in total. The number of hydrogen-bond donors (Lipinski definition) is 0. The standard InChI is InChI=1S/C14H16N4/c1-3-17-14-7-5-4-6-12(14)13(16-17)10-18-11(2)8-9-15-18/h4-9H,3,10H2,1-2H3. The summed E-state index contributed by atoms with van der Waals surface area (Å²) in [5.74, 6) is 0. The Morgan fingerprint density at radius 2 is 1.94 bits per heavy atom. The predicted molar refractivity (Wildman–Crippen MR) is 71.5 cm³/mol. The van der Waals surface area contributed by atoms with Gasteiger partial charge in [0, 0.05) is 23.8 Å². The van der Waals surface area contributed by atoms with Gasteiger partial charge in [0.05, 0.1) is 17.8 Å². The number of rotatable bonds is 3. The zero-order valence-corrected chi connectivity index (χ0v) is 10.7. The average molecular weight is 240 g/mol. The Morgan fingerprint density at radius 1 is 1.11 bits per heavy atom. The molecule has 4 heteroatoms. The van der Waals surface area contributed by atoms with Crippen LogP contribution in [0.1, 0.15) is 18.3 Å². The van der Waals surface area contributed by atoms with Crippen molar-refractivity contribution in [2.45, 2.75) is 26.9 Å². The van der Waals surface area contributed by atoms with E-state index in [9.17, 15) is 0 Å². The first kappa shape index (κ1) is 11.0. The maximum Gasteiger partial charge on any atom is 0.0918 e. The number of hydrogen-bond acceptors (Lipinski definition) is 2. The molecule has 18 heavy (non-hydrogen) atoms. The van der Waals surface area contributed by atoms with E-state index in [1.165, 1.54) is 10.9 Å². The summed E-state index contributed by atoms with van der Waals surface area (Å²) >= 11 is 0. The molecule has 0 amide bonds. The molecule has 0 aliphatic heterocycles. The van der Waals surface area contributed by atoms with Crippen molar-refractivity contribution in [1.29, 1.82) is 0 Å². The Morgan fingerprint density at radius 3 is 2.67 bits per heavy atom. The summed E-state index contributed by atoms with van der Waals surface area (Å²) in [5, 5.41) is 10.2. The number of fused-ring (bicyclic) bond motifs is 1. The predicted octanol–water partition coefficient (Wildman–Crippen LogP) is 2.61. The van der Waals surface area contributed by atoms with Crippen molar-refractivity contribution in [3.05, 3.63) is 47.9 Å². The van der Waals surface area contributed by atoms with Gasteiger partial charge < -0.3 is 0 Å². The van der Waals surface area contributed by atoms with Crippen LogP contribution in [0.2, 0.25) is 0 Å². The highest BCUT2D eigenvalue weighted by Gasteiger charge is 2.10. The van der Waals surface area contributed by atoms with E-state index >= 15 is 0 Å². The minimum atomic E-state index is 0.729. The summed E-state index contributed by atoms with van der Waals surface area (Å²) in [6, 6.07) is 10.4. The number of aromatic nitrogens is 4. The lowest BCUT2D eigenvalue weighted by molar-refractivity contribution is 0.618. The van der Waals surface area contributed by atoms with Gasteiger partial charge in [-0.15, -0.1) is 0 Å². The van der Waals surface area contributed by atoms with Crippen molar-refractivity contribution < 1.29 is 0 Å². The van der Waals surface area contributed by atoms with Crippen LogP contribution in [0.5, 0.6) is 0 Å². The Hall–Kier alpha value is -2.10. The molecule has 0 spiro atoms. The zero-order chi connectivity index (χ0) is 12.5. The van der Waals surface area contributed by atoms with Crippen LogP contribution < -0.4 is 0 Å². The molecule has 0 radical (unpaired) electrons. The molecule has 0 aliphatic carbocycles. The van der Waals surface area contributed by atoms with Crippen LogP contribution in [0.3, 0.4) is 0 Å². The van der Waals surface area contributed by atoms with Crippen LogP contribution in [0.25, 0.3) is 10.9 Å². The van der Waals surface area contributed by atoms with Crippen LogP contribution in [0.4, 0.5) is 0 Å². The first-order valence-electron chi connectivity index (χ1n) is 6.22. The fraction of sp³-hybridized carbons (Fsp3) is 0.286. The van der Waals surface area contributed by atoms with Crippen LogP contribution in [0.15, 0.2) is 36.5 Å². The number of aryl methyl sites for hydroxylation is 2. The number of benzene rings is 1. The molecule has 0 saturated carbocycles. The van der Waals surface area contributed by atoms with Crippen LogP contribution >= 0.6 is 0 Å². The van der Waals surface area contributed by atoms with Crippen molar-refractivity contribution in [2.24, 2.45) is 0 Å². The minimum Gasteiger partial charge on any atom is -0.265 e. The lowest BCUT2D eigenvalue weighted by Gasteiger charge is -2.01. The van der Waals surface area contributed by atoms with Crippen molar-refractivity contribution in [1.82, 2.24) is 19.6 Å². The Balaban J connectivity index is 2.09. The summed E-state index contributed by atoms with van der Waals surface area (Å²) in [6.45, 7) is 5.79. The van der Waals surface area contributed by atoms with Gasteiger partial charge in [0.2, 0.25) is 0 Å². The number of para-hydroxylation sites is 1. The van der Waals surface area contributed by atoms with E-state index in [1.807, 2.05) is 21.6 Å². The quantitative estimate of drug-likeness (QED) is 0.705. The first-order chi connectivity index (χ1) is 8.79. The third-order valence-corrected chi connectivity index (χ3v) is 3.26. The SMILES string of the molecule is CCn1nc(Cn2nccc2C)c2ccccc21. The maximum absolute atomic E-state index is 4.68. The molecule has 3 rings (SSSR count). The van der Waals surface area contributed by atoms with E-state index in [-0.39, 0.29) is 0 Å². The maximum atomic E-state index is 4.68. The Labute approximate surface area is 106 Å². The summed E-state index contributed by atoms with van der Waals surface area (Å²) in [6.07, 6.45) is 1.83. The summed E-state index contributed by atoms with van der Waals surface area (Å²) < 4.78 is 4.03. The molecule has 3 aromatic rings. The van der Waals surface area contributed by atoms with Gasteiger partial charge in [-0.1, -0.05) is 18.2 Å². The highest BCUT2D eigenvalue weighted by atomic mass is 15.3. The molecule has 0 fully saturated rings. The molecule has 2 aromatic heterocycles. The highest BCUT2D eigenvalue weighted by Crippen LogP contribution is 2.19. The van der Waals surface area contributed by atoms with Gasteiger partial charge in [-0.25, -0.2) is 0 Å². The molecule has 0 N–H and O–H groups in total. The van der Waals surface area contributed by atoms with E-state index in [4.69, 9.17) is 0 Å². The smallest absolute Gasteiger partial charge is 0.0918 e. The molecular formula is C14H16N4. The van der Waals surface area contributed by atoms with Crippen LogP contribution in [-0.2, 0) is 13.1 Å². The lowest BCUT2D eigenvalue weighted by Crippen LogP contribution is -2.05. The largest absolute Gasteiger partial charge is 0.265 e. The zero-order valence-electron chi connectivity index (χ0n) is 10.7. The van der Waals surface area contributed by atoms with E-state index in [0.29, 0.717) is 0 Å².